The molecule has 0 N–H and O–H groups in total. The SMILES string of the molecule is CC1(C)[C@@H]2CC[C@@]1(C)OC(=O)/C2=C/c1ccccc1. The van der Waals surface area contributed by atoms with Gasteiger partial charge >= 0.3 is 5.97 Å². The van der Waals surface area contributed by atoms with Crippen LogP contribution in [0.25, 0.3) is 6.08 Å². The average Bonchev–Trinajstić information content (AvgIpc) is 2.50. The number of carbonyl (C=O) groups excluding carboxylic acids is 1. The monoisotopic (exact) mass is 256 g/mol. The Morgan fingerprint density at radius 1 is 1.21 bits per heavy atom. The molecule has 1 heterocycles. The number of hydrogen-bond acceptors (Lipinski definition) is 2. The second kappa shape index (κ2) is 3.96. The van der Waals surface area contributed by atoms with Gasteiger partial charge in [0.05, 0.1) is 0 Å². The fraction of sp³-hybridized carbons (Fsp3) is 0.471. The molecule has 1 aliphatic heterocycles. The summed E-state index contributed by atoms with van der Waals surface area (Å²) >= 11 is 0. The Kier molecular flexibility index (Phi) is 2.60. The van der Waals surface area contributed by atoms with Crippen molar-refractivity contribution < 1.29 is 9.53 Å². The largest absolute Gasteiger partial charge is 0.455 e. The van der Waals surface area contributed by atoms with Gasteiger partial charge in [-0.15, -0.1) is 0 Å². The minimum Gasteiger partial charge on any atom is -0.455 e. The van der Waals surface area contributed by atoms with Crippen LogP contribution in [0.15, 0.2) is 35.9 Å². The molecule has 1 aliphatic carbocycles. The summed E-state index contributed by atoms with van der Waals surface area (Å²) in [6.07, 6.45) is 4.00. The van der Waals surface area contributed by atoms with Crippen molar-refractivity contribution in [2.45, 2.75) is 39.2 Å². The molecule has 0 radical (unpaired) electrons. The van der Waals surface area contributed by atoms with Crippen molar-refractivity contribution in [3.63, 3.8) is 0 Å². The summed E-state index contributed by atoms with van der Waals surface area (Å²) in [4.78, 5) is 12.3. The first-order valence-electron chi connectivity index (χ1n) is 6.94. The summed E-state index contributed by atoms with van der Waals surface area (Å²) in [6.45, 7) is 6.51. The molecule has 1 aromatic carbocycles. The van der Waals surface area contributed by atoms with Gasteiger partial charge in [-0.05, 0) is 31.4 Å². The summed E-state index contributed by atoms with van der Waals surface area (Å²) < 4.78 is 5.76. The van der Waals surface area contributed by atoms with Crippen molar-refractivity contribution in [2.24, 2.45) is 11.3 Å². The molecule has 100 valence electrons. The van der Waals surface area contributed by atoms with E-state index in [0.717, 1.165) is 24.0 Å². The van der Waals surface area contributed by atoms with E-state index in [0.29, 0.717) is 5.92 Å². The zero-order valence-corrected chi connectivity index (χ0v) is 11.8. The maximum absolute atomic E-state index is 12.3. The highest BCUT2D eigenvalue weighted by Crippen LogP contribution is 2.58. The van der Waals surface area contributed by atoms with Crippen LogP contribution in [0.5, 0.6) is 0 Å². The molecule has 2 atom stereocenters. The summed E-state index contributed by atoms with van der Waals surface area (Å²) in [6, 6.07) is 10.0. The van der Waals surface area contributed by atoms with Crippen LogP contribution in [0.3, 0.4) is 0 Å². The summed E-state index contributed by atoms with van der Waals surface area (Å²) in [7, 11) is 0. The maximum Gasteiger partial charge on any atom is 0.334 e. The van der Waals surface area contributed by atoms with E-state index < -0.39 is 0 Å². The van der Waals surface area contributed by atoms with Crippen molar-refractivity contribution in [2.75, 3.05) is 0 Å². The number of esters is 1. The lowest BCUT2D eigenvalue weighted by atomic mass is 9.68. The molecular weight excluding hydrogens is 236 g/mol. The third-order valence-corrected chi connectivity index (χ3v) is 5.20. The minimum absolute atomic E-state index is 0.0154. The van der Waals surface area contributed by atoms with Crippen LogP contribution in [0.4, 0.5) is 0 Å². The normalized spacial score (nSPS) is 34.4. The molecule has 2 bridgehead atoms. The van der Waals surface area contributed by atoms with Crippen molar-refractivity contribution >= 4 is 12.0 Å². The van der Waals surface area contributed by atoms with Crippen LogP contribution in [-0.4, -0.2) is 11.6 Å². The van der Waals surface area contributed by atoms with Gasteiger partial charge in [0.15, 0.2) is 0 Å². The predicted molar refractivity (Wildman–Crippen MR) is 75.4 cm³/mol. The highest BCUT2D eigenvalue weighted by molar-refractivity contribution is 5.96. The zero-order valence-electron chi connectivity index (χ0n) is 11.8. The molecule has 1 saturated carbocycles. The first kappa shape index (κ1) is 12.5. The van der Waals surface area contributed by atoms with E-state index in [4.69, 9.17) is 4.74 Å². The van der Waals surface area contributed by atoms with Gasteiger partial charge in [0.1, 0.15) is 5.60 Å². The molecule has 19 heavy (non-hydrogen) atoms. The topological polar surface area (TPSA) is 26.3 Å². The Labute approximate surface area is 114 Å². The fourth-order valence-corrected chi connectivity index (χ4v) is 3.49. The van der Waals surface area contributed by atoms with Gasteiger partial charge in [-0.1, -0.05) is 44.2 Å². The molecule has 0 aromatic heterocycles. The highest BCUT2D eigenvalue weighted by atomic mass is 16.6. The third-order valence-electron chi connectivity index (χ3n) is 5.20. The molecule has 1 aromatic rings. The second-order valence-corrected chi connectivity index (χ2v) is 6.44. The van der Waals surface area contributed by atoms with Gasteiger partial charge in [0, 0.05) is 16.9 Å². The first-order valence-corrected chi connectivity index (χ1v) is 6.94. The molecule has 1 saturated heterocycles. The van der Waals surface area contributed by atoms with Crippen LogP contribution in [0.2, 0.25) is 0 Å². The standard InChI is InChI=1S/C17H20O2/c1-16(2)14-9-10-17(16,3)19-15(18)13(14)11-12-7-5-4-6-8-12/h4-8,11,14H,9-10H2,1-3H3/b13-11+/t14-,17-/m1/s1. The van der Waals surface area contributed by atoms with E-state index in [1.54, 1.807) is 0 Å². The van der Waals surface area contributed by atoms with Gasteiger partial charge < -0.3 is 4.74 Å². The molecule has 2 fully saturated rings. The Hall–Kier alpha value is -1.57. The number of fused-ring (bicyclic) bond motifs is 2. The Morgan fingerprint density at radius 2 is 1.89 bits per heavy atom. The van der Waals surface area contributed by atoms with Gasteiger partial charge in [-0.25, -0.2) is 4.79 Å². The minimum atomic E-state index is -0.303. The predicted octanol–water partition coefficient (Wildman–Crippen LogP) is 3.82. The number of ether oxygens (including phenoxy) is 1. The number of rotatable bonds is 1. The molecule has 2 aliphatic rings. The highest BCUT2D eigenvalue weighted by Gasteiger charge is 2.59. The lowest BCUT2D eigenvalue weighted by Gasteiger charge is -2.45. The van der Waals surface area contributed by atoms with Gasteiger partial charge in [0.2, 0.25) is 0 Å². The first-order chi connectivity index (χ1) is 8.94. The van der Waals surface area contributed by atoms with Crippen molar-refractivity contribution in [1.29, 1.82) is 0 Å². The van der Waals surface area contributed by atoms with Crippen LogP contribution in [-0.2, 0) is 9.53 Å². The van der Waals surface area contributed by atoms with Crippen LogP contribution in [0.1, 0.15) is 39.2 Å². The van der Waals surface area contributed by atoms with Crippen molar-refractivity contribution in [3.8, 4) is 0 Å². The van der Waals surface area contributed by atoms with Gasteiger partial charge in [-0.2, -0.15) is 0 Å². The van der Waals surface area contributed by atoms with E-state index in [2.05, 4.69) is 20.8 Å². The van der Waals surface area contributed by atoms with E-state index in [9.17, 15) is 4.79 Å². The molecule has 0 amide bonds. The van der Waals surface area contributed by atoms with E-state index in [1.807, 2.05) is 36.4 Å². The second-order valence-electron chi connectivity index (χ2n) is 6.44. The summed E-state index contributed by atoms with van der Waals surface area (Å²) in [5.74, 6) is 0.173. The number of carbonyl (C=O) groups is 1. The Bertz CT molecular complexity index is 542. The molecular formula is C17H20O2. The third kappa shape index (κ3) is 1.73. The van der Waals surface area contributed by atoms with Crippen LogP contribution in [0, 0.1) is 11.3 Å². The van der Waals surface area contributed by atoms with Crippen molar-refractivity contribution in [3.05, 3.63) is 41.5 Å². The average molecular weight is 256 g/mol. The Balaban J connectivity index is 2.04. The van der Waals surface area contributed by atoms with E-state index in [-0.39, 0.29) is 17.0 Å². The van der Waals surface area contributed by atoms with E-state index in [1.165, 1.54) is 0 Å². The number of hydrogen-bond donors (Lipinski definition) is 0. The maximum atomic E-state index is 12.3. The smallest absolute Gasteiger partial charge is 0.334 e. The lowest BCUT2D eigenvalue weighted by molar-refractivity contribution is -0.172. The van der Waals surface area contributed by atoms with Crippen molar-refractivity contribution in [1.82, 2.24) is 0 Å². The summed E-state index contributed by atoms with van der Waals surface area (Å²) in [5.41, 5.74) is 1.62. The zero-order chi connectivity index (χ0) is 13.7. The molecule has 3 rings (SSSR count). The fourth-order valence-electron chi connectivity index (χ4n) is 3.49. The molecule has 0 unspecified atom stereocenters. The molecule has 0 spiro atoms. The number of benzene rings is 1. The van der Waals surface area contributed by atoms with E-state index >= 15 is 0 Å². The summed E-state index contributed by atoms with van der Waals surface area (Å²) in [5, 5.41) is 0. The molecule has 2 heteroatoms. The van der Waals surface area contributed by atoms with Gasteiger partial charge in [0.25, 0.3) is 0 Å². The van der Waals surface area contributed by atoms with Gasteiger partial charge in [-0.3, -0.25) is 0 Å². The quantitative estimate of drug-likeness (QED) is 0.564. The Morgan fingerprint density at radius 3 is 2.58 bits per heavy atom. The molecule has 2 nitrogen and oxygen atoms in total. The lowest BCUT2D eigenvalue weighted by Crippen LogP contribution is -2.49. The van der Waals surface area contributed by atoms with Crippen LogP contribution < -0.4 is 0 Å². The van der Waals surface area contributed by atoms with Crippen LogP contribution >= 0.6 is 0 Å².